The molecule has 20 heavy (non-hydrogen) atoms. The normalized spacial score (nSPS) is 30.2. The van der Waals surface area contributed by atoms with E-state index in [4.69, 9.17) is 33.0 Å². The molecule has 1 fully saturated rings. The summed E-state index contributed by atoms with van der Waals surface area (Å²) in [6.45, 7) is -0.381. The molecule has 1 aromatic carbocycles. The van der Waals surface area contributed by atoms with Crippen LogP contribution < -0.4 is 0 Å². The van der Waals surface area contributed by atoms with Crippen molar-refractivity contribution in [3.05, 3.63) is 28.5 Å². The number of rotatable bonds is 2. The fourth-order valence-electron chi connectivity index (χ4n) is 2.34. The van der Waals surface area contributed by atoms with E-state index in [1.165, 1.54) is 6.33 Å². The van der Waals surface area contributed by atoms with Gasteiger partial charge in [0, 0.05) is 0 Å². The van der Waals surface area contributed by atoms with Gasteiger partial charge in [-0.2, -0.15) is 0 Å². The van der Waals surface area contributed by atoms with Gasteiger partial charge in [-0.3, -0.25) is 0 Å². The predicted octanol–water partition coefficient (Wildman–Crippen LogP) is 0.955. The van der Waals surface area contributed by atoms with Crippen molar-refractivity contribution >= 4 is 34.2 Å². The lowest BCUT2D eigenvalue weighted by molar-refractivity contribution is -0.0508. The topological polar surface area (TPSA) is 87.7 Å². The highest BCUT2D eigenvalue weighted by molar-refractivity contribution is 6.42. The molecule has 1 saturated heterocycles. The number of benzene rings is 1. The van der Waals surface area contributed by atoms with E-state index in [-0.39, 0.29) is 6.61 Å². The van der Waals surface area contributed by atoms with Gasteiger partial charge in [-0.15, -0.1) is 0 Å². The molecular weight excluding hydrogens is 307 g/mol. The lowest BCUT2D eigenvalue weighted by Crippen LogP contribution is -2.33. The molecule has 0 aliphatic carbocycles. The first-order chi connectivity index (χ1) is 9.52. The Labute approximate surface area is 124 Å². The average Bonchev–Trinajstić information content (AvgIpc) is 2.94. The maximum atomic E-state index is 10.0. The first-order valence-electron chi connectivity index (χ1n) is 5.97. The molecule has 108 valence electrons. The maximum absolute atomic E-state index is 10.0. The summed E-state index contributed by atoms with van der Waals surface area (Å²) in [5, 5.41) is 29.6. The number of aromatic nitrogens is 2. The van der Waals surface area contributed by atoms with Crippen molar-refractivity contribution < 1.29 is 20.1 Å². The van der Waals surface area contributed by atoms with Gasteiger partial charge in [0.25, 0.3) is 0 Å². The standard InChI is InChI=1S/C12H12Cl2N2O4/c13-5-1-7-8(2-6(5)14)16(4-15-7)12-11(19)10(18)9(3-17)20-12/h1-2,4,9-12,17-19H,3H2/t9-,10-,11+,12-/m0/s1. The zero-order chi connectivity index (χ0) is 14.4. The third kappa shape index (κ3) is 2.09. The molecule has 3 N–H and O–H groups in total. The average molecular weight is 319 g/mol. The predicted molar refractivity (Wildman–Crippen MR) is 72.8 cm³/mol. The van der Waals surface area contributed by atoms with Crippen molar-refractivity contribution in [2.45, 2.75) is 24.5 Å². The van der Waals surface area contributed by atoms with E-state index in [0.29, 0.717) is 21.1 Å². The van der Waals surface area contributed by atoms with Gasteiger partial charge in [-0.25, -0.2) is 4.98 Å². The highest BCUT2D eigenvalue weighted by Crippen LogP contribution is 2.34. The van der Waals surface area contributed by atoms with Crippen LogP contribution in [0.4, 0.5) is 0 Å². The number of hydrogen-bond acceptors (Lipinski definition) is 5. The Hall–Kier alpha value is -0.890. The number of nitrogens with zero attached hydrogens (tertiary/aromatic N) is 2. The van der Waals surface area contributed by atoms with E-state index >= 15 is 0 Å². The van der Waals surface area contributed by atoms with Gasteiger partial charge >= 0.3 is 0 Å². The molecule has 0 saturated carbocycles. The van der Waals surface area contributed by atoms with Crippen molar-refractivity contribution in [3.63, 3.8) is 0 Å². The van der Waals surface area contributed by atoms with Crippen LogP contribution in [0.15, 0.2) is 18.5 Å². The van der Waals surface area contributed by atoms with E-state index in [1.807, 2.05) is 0 Å². The Morgan fingerprint density at radius 1 is 1.20 bits per heavy atom. The highest BCUT2D eigenvalue weighted by atomic mass is 35.5. The van der Waals surface area contributed by atoms with Crippen LogP contribution in [-0.4, -0.2) is 49.8 Å². The smallest absolute Gasteiger partial charge is 0.164 e. The van der Waals surface area contributed by atoms with Gasteiger partial charge in [0.05, 0.1) is 34.0 Å². The molecule has 1 aromatic heterocycles. The Balaban J connectivity index is 2.05. The Kier molecular flexibility index (Phi) is 3.62. The minimum absolute atomic E-state index is 0.354. The molecule has 0 bridgehead atoms. The molecule has 0 spiro atoms. The second-order valence-corrected chi connectivity index (χ2v) is 5.45. The van der Waals surface area contributed by atoms with Crippen molar-refractivity contribution in [1.29, 1.82) is 0 Å². The van der Waals surface area contributed by atoms with E-state index < -0.39 is 24.5 Å². The third-order valence-corrected chi connectivity index (χ3v) is 4.13. The summed E-state index contributed by atoms with van der Waals surface area (Å²) < 4.78 is 7.01. The number of hydrogen-bond donors (Lipinski definition) is 3. The quantitative estimate of drug-likeness (QED) is 0.767. The number of aliphatic hydroxyl groups is 3. The fraction of sp³-hybridized carbons (Fsp3) is 0.417. The van der Waals surface area contributed by atoms with Crippen LogP contribution in [0.1, 0.15) is 6.23 Å². The molecule has 0 radical (unpaired) electrons. The van der Waals surface area contributed by atoms with Gasteiger partial charge < -0.3 is 24.6 Å². The molecule has 2 aromatic rings. The van der Waals surface area contributed by atoms with Crippen LogP contribution in [0.2, 0.25) is 10.0 Å². The molecule has 2 heterocycles. The van der Waals surface area contributed by atoms with Gasteiger partial charge in [0.1, 0.15) is 18.3 Å². The van der Waals surface area contributed by atoms with Crippen LogP contribution in [0.5, 0.6) is 0 Å². The fourth-order valence-corrected chi connectivity index (χ4v) is 2.65. The summed E-state index contributed by atoms with van der Waals surface area (Å²) in [4.78, 5) is 4.16. The number of aliphatic hydroxyl groups excluding tert-OH is 3. The van der Waals surface area contributed by atoms with E-state index in [2.05, 4.69) is 4.98 Å². The Morgan fingerprint density at radius 3 is 2.55 bits per heavy atom. The summed E-state index contributed by atoms with van der Waals surface area (Å²) in [6.07, 6.45) is -2.54. The number of fused-ring (bicyclic) bond motifs is 1. The monoisotopic (exact) mass is 318 g/mol. The molecular formula is C12H12Cl2N2O4. The molecule has 1 aliphatic heterocycles. The van der Waals surface area contributed by atoms with Crippen molar-refractivity contribution in [1.82, 2.24) is 9.55 Å². The first-order valence-corrected chi connectivity index (χ1v) is 6.72. The van der Waals surface area contributed by atoms with Crippen molar-refractivity contribution in [2.75, 3.05) is 6.61 Å². The number of halogens is 2. The molecule has 0 amide bonds. The second-order valence-electron chi connectivity index (χ2n) is 4.64. The summed E-state index contributed by atoms with van der Waals surface area (Å²) in [7, 11) is 0. The molecule has 3 rings (SSSR count). The van der Waals surface area contributed by atoms with Crippen LogP contribution in [0, 0.1) is 0 Å². The largest absolute Gasteiger partial charge is 0.394 e. The lowest BCUT2D eigenvalue weighted by Gasteiger charge is -2.17. The minimum atomic E-state index is -1.17. The zero-order valence-corrected chi connectivity index (χ0v) is 11.7. The molecule has 1 aliphatic rings. The molecule has 6 nitrogen and oxygen atoms in total. The van der Waals surface area contributed by atoms with Crippen LogP contribution in [-0.2, 0) is 4.74 Å². The molecule has 8 heteroatoms. The summed E-state index contributed by atoms with van der Waals surface area (Å²) >= 11 is 11.9. The Morgan fingerprint density at radius 2 is 1.90 bits per heavy atom. The van der Waals surface area contributed by atoms with Gasteiger partial charge in [-0.05, 0) is 12.1 Å². The van der Waals surface area contributed by atoms with E-state index in [0.717, 1.165) is 0 Å². The highest BCUT2D eigenvalue weighted by Gasteiger charge is 2.43. The second kappa shape index (κ2) is 5.14. The number of ether oxygens (including phenoxy) is 1. The van der Waals surface area contributed by atoms with Gasteiger partial charge in [0.2, 0.25) is 0 Å². The number of imidazole rings is 1. The van der Waals surface area contributed by atoms with Crippen LogP contribution in [0.3, 0.4) is 0 Å². The minimum Gasteiger partial charge on any atom is -0.394 e. The van der Waals surface area contributed by atoms with Crippen molar-refractivity contribution in [2.24, 2.45) is 0 Å². The van der Waals surface area contributed by atoms with Gasteiger partial charge in [0.15, 0.2) is 6.23 Å². The van der Waals surface area contributed by atoms with Crippen molar-refractivity contribution in [3.8, 4) is 0 Å². The maximum Gasteiger partial charge on any atom is 0.164 e. The third-order valence-electron chi connectivity index (χ3n) is 3.41. The van der Waals surface area contributed by atoms with Gasteiger partial charge in [-0.1, -0.05) is 23.2 Å². The SMILES string of the molecule is OC[C@@H]1O[C@H](n2cnc3cc(Cl)c(Cl)cc32)[C@H](O)[C@H]1O. The van der Waals surface area contributed by atoms with E-state index in [9.17, 15) is 10.2 Å². The Bertz CT molecular complexity index is 648. The summed E-state index contributed by atoms with van der Waals surface area (Å²) in [6, 6.07) is 3.22. The van der Waals surface area contributed by atoms with Crippen LogP contribution >= 0.6 is 23.2 Å². The molecule has 4 atom stereocenters. The zero-order valence-electron chi connectivity index (χ0n) is 10.1. The first kappa shape index (κ1) is 14.1. The summed E-state index contributed by atoms with van der Waals surface area (Å²) in [5.41, 5.74) is 1.21. The lowest BCUT2D eigenvalue weighted by atomic mass is 10.1. The van der Waals surface area contributed by atoms with E-state index in [1.54, 1.807) is 16.7 Å². The van der Waals surface area contributed by atoms with Crippen LogP contribution in [0.25, 0.3) is 11.0 Å². The summed E-state index contributed by atoms with van der Waals surface area (Å²) in [5.74, 6) is 0. The molecule has 0 unspecified atom stereocenters.